The Kier molecular flexibility index (Phi) is 4.51. The van der Waals surface area contributed by atoms with Crippen LogP contribution in [0.15, 0.2) is 74.8 Å². The summed E-state index contributed by atoms with van der Waals surface area (Å²) in [7, 11) is -3.77. The van der Waals surface area contributed by atoms with Crippen LogP contribution in [0.5, 0.6) is 0 Å². The van der Waals surface area contributed by atoms with Gasteiger partial charge in [-0.25, -0.2) is 8.42 Å². The summed E-state index contributed by atoms with van der Waals surface area (Å²) in [6.07, 6.45) is 2.99. The summed E-state index contributed by atoms with van der Waals surface area (Å²) < 4.78 is 37.7. The Morgan fingerprint density at radius 2 is 1.46 bits per heavy atom. The Morgan fingerprint density at radius 3 is 1.88 bits per heavy atom. The minimum Gasteiger partial charge on any atom is -0.468 e. The van der Waals surface area contributed by atoms with Crippen molar-refractivity contribution in [2.45, 2.75) is 18.0 Å². The predicted molar refractivity (Wildman–Crippen MR) is 85.0 cm³/mol. The number of benzene rings is 1. The van der Waals surface area contributed by atoms with Crippen LogP contribution in [0.1, 0.15) is 17.1 Å². The molecule has 0 aliphatic rings. The van der Waals surface area contributed by atoms with Crippen LogP contribution in [0.25, 0.3) is 0 Å². The first-order chi connectivity index (χ1) is 11.6. The summed E-state index contributed by atoms with van der Waals surface area (Å²) >= 11 is 0. The fraction of sp³-hybridized carbons (Fsp3) is 0.118. The number of sulfonamides is 1. The Morgan fingerprint density at radius 1 is 0.917 bits per heavy atom. The second-order valence-corrected chi connectivity index (χ2v) is 7.01. The maximum atomic E-state index is 12.9. The quantitative estimate of drug-likeness (QED) is 0.687. The molecular formula is C17H14N2O4S. The highest BCUT2D eigenvalue weighted by atomic mass is 32.2. The Hall–Kier alpha value is -2.82. The summed E-state index contributed by atoms with van der Waals surface area (Å²) in [5, 5.41) is 8.85. The Balaban J connectivity index is 1.94. The van der Waals surface area contributed by atoms with Gasteiger partial charge in [-0.3, -0.25) is 0 Å². The molecule has 1 aromatic carbocycles. The van der Waals surface area contributed by atoms with Crippen molar-refractivity contribution in [3.63, 3.8) is 0 Å². The largest absolute Gasteiger partial charge is 0.468 e. The molecule has 0 unspecified atom stereocenters. The van der Waals surface area contributed by atoms with Crippen molar-refractivity contribution in [2.75, 3.05) is 0 Å². The van der Waals surface area contributed by atoms with Gasteiger partial charge in [0.25, 0.3) is 0 Å². The minimum absolute atomic E-state index is 0.0794. The average Bonchev–Trinajstić information content (AvgIpc) is 3.28. The van der Waals surface area contributed by atoms with Gasteiger partial charge < -0.3 is 8.83 Å². The van der Waals surface area contributed by atoms with E-state index in [4.69, 9.17) is 14.1 Å². The van der Waals surface area contributed by atoms with Gasteiger partial charge in [-0.15, -0.1) is 0 Å². The third kappa shape index (κ3) is 3.40. The summed E-state index contributed by atoms with van der Waals surface area (Å²) in [6, 6.07) is 14.6. The molecule has 0 atom stereocenters. The average molecular weight is 342 g/mol. The van der Waals surface area contributed by atoms with Crippen molar-refractivity contribution in [1.82, 2.24) is 4.31 Å². The van der Waals surface area contributed by atoms with Crippen molar-refractivity contribution >= 4 is 10.0 Å². The lowest BCUT2D eigenvalue weighted by Gasteiger charge is -2.20. The molecule has 0 bridgehead atoms. The van der Waals surface area contributed by atoms with Crippen LogP contribution in [0.2, 0.25) is 0 Å². The molecule has 6 nitrogen and oxygen atoms in total. The first-order valence-corrected chi connectivity index (χ1v) is 8.58. The lowest BCUT2D eigenvalue weighted by Crippen LogP contribution is -2.30. The second kappa shape index (κ2) is 6.74. The molecule has 3 rings (SSSR count). The van der Waals surface area contributed by atoms with Gasteiger partial charge in [-0.05, 0) is 48.5 Å². The van der Waals surface area contributed by atoms with Gasteiger partial charge in [0.1, 0.15) is 11.5 Å². The predicted octanol–water partition coefficient (Wildman–Crippen LogP) is 3.14. The Labute approximate surface area is 139 Å². The van der Waals surface area contributed by atoms with Gasteiger partial charge in [-0.1, -0.05) is 0 Å². The number of hydrogen-bond donors (Lipinski definition) is 0. The third-order valence-electron chi connectivity index (χ3n) is 3.45. The van der Waals surface area contributed by atoms with E-state index in [1.165, 1.54) is 41.1 Å². The van der Waals surface area contributed by atoms with Crippen LogP contribution in [0.4, 0.5) is 0 Å². The van der Waals surface area contributed by atoms with Crippen LogP contribution in [0.3, 0.4) is 0 Å². The molecule has 0 fully saturated rings. The van der Waals surface area contributed by atoms with E-state index >= 15 is 0 Å². The zero-order chi connectivity index (χ0) is 17.0. The van der Waals surface area contributed by atoms with E-state index < -0.39 is 10.0 Å². The molecule has 0 radical (unpaired) electrons. The molecule has 0 aliphatic carbocycles. The standard InChI is InChI=1S/C17H14N2O4S/c18-11-14-5-7-17(8-6-14)24(20,21)19(12-15-3-1-9-22-15)13-16-4-2-10-23-16/h1-10H,12-13H2. The molecule has 122 valence electrons. The molecule has 2 aromatic heterocycles. The summed E-state index contributed by atoms with van der Waals surface area (Å²) in [5.74, 6) is 1.05. The van der Waals surface area contributed by atoms with E-state index in [-0.39, 0.29) is 18.0 Å². The molecule has 3 aromatic rings. The highest BCUT2D eigenvalue weighted by molar-refractivity contribution is 7.89. The van der Waals surface area contributed by atoms with E-state index in [9.17, 15) is 8.42 Å². The second-order valence-electron chi connectivity index (χ2n) is 5.07. The van der Waals surface area contributed by atoms with Crippen LogP contribution >= 0.6 is 0 Å². The number of nitriles is 1. The zero-order valence-electron chi connectivity index (χ0n) is 12.6. The molecule has 24 heavy (non-hydrogen) atoms. The van der Waals surface area contributed by atoms with Gasteiger partial charge >= 0.3 is 0 Å². The zero-order valence-corrected chi connectivity index (χ0v) is 13.4. The fourth-order valence-corrected chi connectivity index (χ4v) is 3.60. The highest BCUT2D eigenvalue weighted by Crippen LogP contribution is 2.22. The molecule has 0 saturated carbocycles. The van der Waals surface area contributed by atoms with Crippen molar-refractivity contribution in [3.05, 3.63) is 78.1 Å². The fourth-order valence-electron chi connectivity index (χ4n) is 2.23. The number of nitrogens with zero attached hydrogens (tertiary/aromatic N) is 2. The Bertz CT molecular complexity index is 885. The lowest BCUT2D eigenvalue weighted by molar-refractivity contribution is 0.330. The van der Waals surface area contributed by atoms with Crippen molar-refractivity contribution in [3.8, 4) is 6.07 Å². The first kappa shape index (κ1) is 16.1. The monoisotopic (exact) mass is 342 g/mol. The first-order valence-electron chi connectivity index (χ1n) is 7.14. The molecule has 0 saturated heterocycles. The van der Waals surface area contributed by atoms with Crippen LogP contribution < -0.4 is 0 Å². The van der Waals surface area contributed by atoms with Crippen molar-refractivity contribution in [2.24, 2.45) is 0 Å². The molecule has 7 heteroatoms. The van der Waals surface area contributed by atoms with Crippen molar-refractivity contribution in [1.29, 1.82) is 5.26 Å². The van der Waals surface area contributed by atoms with Gasteiger partial charge in [0, 0.05) is 0 Å². The smallest absolute Gasteiger partial charge is 0.243 e. The van der Waals surface area contributed by atoms with Crippen LogP contribution in [-0.2, 0) is 23.1 Å². The molecule has 0 amide bonds. The third-order valence-corrected chi connectivity index (χ3v) is 5.25. The summed E-state index contributed by atoms with van der Waals surface area (Å²) in [6.45, 7) is 0.159. The summed E-state index contributed by atoms with van der Waals surface area (Å²) in [5.41, 5.74) is 0.401. The minimum atomic E-state index is -3.77. The SMILES string of the molecule is N#Cc1ccc(S(=O)(=O)N(Cc2ccco2)Cc2ccco2)cc1. The van der Waals surface area contributed by atoms with E-state index in [1.54, 1.807) is 24.3 Å². The van der Waals surface area contributed by atoms with E-state index in [1.807, 2.05) is 6.07 Å². The summed E-state index contributed by atoms with van der Waals surface area (Å²) in [4.78, 5) is 0.111. The van der Waals surface area contributed by atoms with Crippen molar-refractivity contribution < 1.29 is 17.3 Å². The topological polar surface area (TPSA) is 87.5 Å². The maximum Gasteiger partial charge on any atom is 0.243 e. The molecule has 0 N–H and O–H groups in total. The van der Waals surface area contributed by atoms with Gasteiger partial charge in [0.05, 0.1) is 42.1 Å². The molecule has 0 aliphatic heterocycles. The molecule has 0 spiro atoms. The van der Waals surface area contributed by atoms with Gasteiger partial charge in [0.2, 0.25) is 10.0 Å². The number of hydrogen-bond acceptors (Lipinski definition) is 5. The van der Waals surface area contributed by atoms with Crippen LogP contribution in [0, 0.1) is 11.3 Å². The van der Waals surface area contributed by atoms with E-state index in [0.717, 1.165) is 0 Å². The maximum absolute atomic E-state index is 12.9. The van der Waals surface area contributed by atoms with E-state index in [2.05, 4.69) is 0 Å². The number of rotatable bonds is 6. The molecule has 2 heterocycles. The highest BCUT2D eigenvalue weighted by Gasteiger charge is 2.26. The van der Waals surface area contributed by atoms with Gasteiger partial charge in [0.15, 0.2) is 0 Å². The lowest BCUT2D eigenvalue weighted by atomic mass is 10.2. The van der Waals surface area contributed by atoms with Crippen LogP contribution in [-0.4, -0.2) is 12.7 Å². The normalized spacial score (nSPS) is 11.5. The number of furan rings is 2. The van der Waals surface area contributed by atoms with Gasteiger partial charge in [-0.2, -0.15) is 9.57 Å². The van der Waals surface area contributed by atoms with E-state index in [0.29, 0.717) is 17.1 Å². The molecular weight excluding hydrogens is 328 g/mol.